The van der Waals surface area contributed by atoms with Gasteiger partial charge in [-0.3, -0.25) is 0 Å². The van der Waals surface area contributed by atoms with Crippen molar-refractivity contribution in [2.24, 2.45) is 0 Å². The first-order valence-electron chi connectivity index (χ1n) is 2.64. The molecule has 10 heavy (non-hydrogen) atoms. The van der Waals surface area contributed by atoms with Crippen molar-refractivity contribution in [3.63, 3.8) is 0 Å². The van der Waals surface area contributed by atoms with Gasteiger partial charge in [0.05, 0.1) is 0 Å². The van der Waals surface area contributed by atoms with Gasteiger partial charge >= 0.3 is 5.82 Å². The van der Waals surface area contributed by atoms with Gasteiger partial charge < -0.3 is 15.1 Å². The highest BCUT2D eigenvalue weighted by Crippen LogP contribution is 2.11. The van der Waals surface area contributed by atoms with Crippen molar-refractivity contribution < 1.29 is 4.92 Å². The predicted octanol–water partition coefficient (Wildman–Crippen LogP) is 0.809. The second-order valence-corrected chi connectivity index (χ2v) is 1.89. The minimum absolute atomic E-state index is 0.148. The van der Waals surface area contributed by atoms with Crippen LogP contribution in [-0.4, -0.2) is 14.9 Å². The van der Waals surface area contributed by atoms with E-state index in [2.05, 4.69) is 16.9 Å². The number of hydrogen-bond acceptors (Lipinski definition) is 3. The van der Waals surface area contributed by atoms with Gasteiger partial charge in [0.25, 0.3) is 0 Å². The predicted molar refractivity (Wildman–Crippen MR) is 34.4 cm³/mol. The van der Waals surface area contributed by atoms with Gasteiger partial charge in [0.15, 0.2) is 0 Å². The third-order valence-electron chi connectivity index (χ3n) is 1.08. The number of nitrogens with one attached hydrogen (secondary N) is 1. The Balaban J connectivity index is 3.15. The Morgan fingerprint density at radius 1 is 1.80 bits per heavy atom. The van der Waals surface area contributed by atoms with Crippen LogP contribution in [0.1, 0.15) is 11.5 Å². The summed E-state index contributed by atoms with van der Waals surface area (Å²) < 4.78 is 0. The highest BCUT2D eigenvalue weighted by Gasteiger charge is 2.14. The summed E-state index contributed by atoms with van der Waals surface area (Å²) in [6.45, 7) is 5.00. The van der Waals surface area contributed by atoms with Gasteiger partial charge in [-0.25, -0.2) is 0 Å². The summed E-state index contributed by atoms with van der Waals surface area (Å²) in [5.74, 6) is 0.175. The molecule has 0 unspecified atom stereocenters. The van der Waals surface area contributed by atoms with E-state index in [1.807, 2.05) is 0 Å². The van der Waals surface area contributed by atoms with Crippen molar-refractivity contribution in [3.05, 3.63) is 28.6 Å². The maximum atomic E-state index is 10.1. The summed E-state index contributed by atoms with van der Waals surface area (Å²) in [5.41, 5.74) is 0.440. The van der Waals surface area contributed by atoms with E-state index >= 15 is 0 Å². The van der Waals surface area contributed by atoms with Crippen LogP contribution in [0.15, 0.2) is 0 Å². The summed E-state index contributed by atoms with van der Waals surface area (Å²) in [6, 6.07) is 0. The van der Waals surface area contributed by atoms with Crippen LogP contribution in [0.3, 0.4) is 0 Å². The van der Waals surface area contributed by atoms with E-state index in [-0.39, 0.29) is 5.82 Å². The molecule has 5 heteroatoms. The van der Waals surface area contributed by atoms with E-state index in [1.54, 1.807) is 6.92 Å². The number of nitrogens with zero attached hydrogens (tertiary/aromatic N) is 2. The quantitative estimate of drug-likeness (QED) is 0.463. The minimum Gasteiger partial charge on any atom is -0.358 e. The average Bonchev–Trinajstić information content (AvgIpc) is 2.10. The van der Waals surface area contributed by atoms with Crippen LogP contribution in [0.5, 0.6) is 0 Å². The fraction of sp³-hybridized carbons (Fsp3) is 0.200. The summed E-state index contributed by atoms with van der Waals surface area (Å²) >= 11 is 0. The van der Waals surface area contributed by atoms with Crippen LogP contribution in [-0.2, 0) is 0 Å². The molecule has 1 rings (SSSR count). The first kappa shape index (κ1) is 6.73. The van der Waals surface area contributed by atoms with Gasteiger partial charge in [0.1, 0.15) is 5.69 Å². The Morgan fingerprint density at radius 2 is 2.40 bits per heavy atom. The maximum Gasteiger partial charge on any atom is 0.384 e. The van der Waals surface area contributed by atoms with Crippen molar-refractivity contribution in [2.75, 3.05) is 0 Å². The molecule has 1 aromatic rings. The zero-order valence-corrected chi connectivity index (χ0v) is 5.42. The maximum absolute atomic E-state index is 10.1. The molecule has 0 amide bonds. The number of aromatic amines is 1. The van der Waals surface area contributed by atoms with Gasteiger partial charge in [0, 0.05) is 6.92 Å². The third-order valence-corrected chi connectivity index (χ3v) is 1.08. The number of H-pyrrole nitrogens is 1. The van der Waals surface area contributed by atoms with Gasteiger partial charge in [0.2, 0.25) is 5.82 Å². The molecule has 0 saturated heterocycles. The van der Waals surface area contributed by atoms with Gasteiger partial charge in [-0.15, -0.1) is 0 Å². The van der Waals surface area contributed by atoms with Crippen LogP contribution in [0.2, 0.25) is 0 Å². The Bertz CT molecular complexity index is 266. The smallest absolute Gasteiger partial charge is 0.358 e. The first-order valence-corrected chi connectivity index (χ1v) is 2.64. The molecule has 1 aromatic heterocycles. The van der Waals surface area contributed by atoms with E-state index in [9.17, 15) is 10.1 Å². The molecule has 1 radical (unpaired) electrons. The largest absolute Gasteiger partial charge is 0.384 e. The van der Waals surface area contributed by atoms with Gasteiger partial charge in [-0.05, 0) is 16.8 Å². The summed E-state index contributed by atoms with van der Waals surface area (Å²) in [5, 5.41) is 10.1. The molecular weight excluding hydrogens is 134 g/mol. The lowest BCUT2D eigenvalue weighted by Crippen LogP contribution is -1.89. The highest BCUT2D eigenvalue weighted by molar-refractivity contribution is 5.27. The standard InChI is InChI=1S/C5H6N3O2/c1-3-5(8(9)10)7-4(2)6-3/h2H2,1H3,(H,6,7). The molecule has 0 saturated carbocycles. The SMILES string of the molecule is [CH2]c1nc([N+](=O)[O-])c(C)[nH]1. The number of hydrogen-bond donors (Lipinski definition) is 1. The lowest BCUT2D eigenvalue weighted by molar-refractivity contribution is -0.389. The molecular formula is C5H6N3O2. The number of aryl methyl sites for hydroxylation is 1. The van der Waals surface area contributed by atoms with Gasteiger partial charge in [-0.2, -0.15) is 0 Å². The Labute approximate surface area is 57.2 Å². The lowest BCUT2D eigenvalue weighted by atomic mass is 10.5. The molecule has 0 fully saturated rings. The van der Waals surface area contributed by atoms with E-state index in [1.165, 1.54) is 0 Å². The van der Waals surface area contributed by atoms with Crippen LogP contribution in [0.25, 0.3) is 0 Å². The van der Waals surface area contributed by atoms with E-state index in [0.717, 1.165) is 0 Å². The highest BCUT2D eigenvalue weighted by atomic mass is 16.6. The molecule has 0 atom stereocenters. The Kier molecular flexibility index (Phi) is 1.41. The molecule has 0 aliphatic heterocycles. The Morgan fingerprint density at radius 3 is 2.60 bits per heavy atom. The van der Waals surface area contributed by atoms with Crippen LogP contribution >= 0.6 is 0 Å². The zero-order chi connectivity index (χ0) is 7.72. The average molecular weight is 140 g/mol. The number of aromatic nitrogens is 2. The van der Waals surface area contributed by atoms with Crippen molar-refractivity contribution >= 4 is 5.82 Å². The second kappa shape index (κ2) is 2.09. The van der Waals surface area contributed by atoms with E-state index in [0.29, 0.717) is 11.5 Å². The van der Waals surface area contributed by atoms with Crippen molar-refractivity contribution in [3.8, 4) is 0 Å². The molecule has 1 N–H and O–H groups in total. The second-order valence-electron chi connectivity index (χ2n) is 1.89. The molecule has 53 valence electrons. The minimum atomic E-state index is -0.541. The molecule has 0 aliphatic carbocycles. The van der Waals surface area contributed by atoms with Gasteiger partial charge in [-0.1, -0.05) is 0 Å². The summed E-state index contributed by atoms with van der Waals surface area (Å²) in [4.78, 5) is 15.8. The van der Waals surface area contributed by atoms with Crippen LogP contribution < -0.4 is 0 Å². The van der Waals surface area contributed by atoms with Crippen LogP contribution in [0.4, 0.5) is 5.82 Å². The molecule has 0 aliphatic rings. The number of nitro groups is 1. The molecule has 1 heterocycles. The Hall–Kier alpha value is -1.39. The zero-order valence-electron chi connectivity index (χ0n) is 5.42. The molecule has 0 spiro atoms. The fourth-order valence-electron chi connectivity index (χ4n) is 0.690. The first-order chi connectivity index (χ1) is 4.61. The number of imidazole rings is 1. The fourth-order valence-corrected chi connectivity index (χ4v) is 0.690. The van der Waals surface area contributed by atoms with E-state index in [4.69, 9.17) is 0 Å². The lowest BCUT2D eigenvalue weighted by Gasteiger charge is -1.85. The molecule has 5 nitrogen and oxygen atoms in total. The molecule has 0 bridgehead atoms. The van der Waals surface area contributed by atoms with Crippen molar-refractivity contribution in [1.82, 2.24) is 9.97 Å². The normalized spacial score (nSPS) is 9.80. The topological polar surface area (TPSA) is 71.8 Å². The summed E-state index contributed by atoms with van der Waals surface area (Å²) in [7, 11) is 0. The van der Waals surface area contributed by atoms with Crippen molar-refractivity contribution in [1.29, 1.82) is 0 Å². The van der Waals surface area contributed by atoms with Crippen molar-refractivity contribution in [2.45, 2.75) is 6.92 Å². The van der Waals surface area contributed by atoms with Crippen LogP contribution in [0, 0.1) is 24.0 Å². The monoisotopic (exact) mass is 140 g/mol. The third kappa shape index (κ3) is 0.975. The summed E-state index contributed by atoms with van der Waals surface area (Å²) in [6.07, 6.45) is 0. The molecule has 0 aromatic carbocycles. The van der Waals surface area contributed by atoms with E-state index < -0.39 is 4.92 Å². The number of rotatable bonds is 1.